The Balaban J connectivity index is 1.69. The highest BCUT2D eigenvalue weighted by molar-refractivity contribution is 6.03. The summed E-state index contributed by atoms with van der Waals surface area (Å²) in [5.41, 5.74) is 0.461. The summed E-state index contributed by atoms with van der Waals surface area (Å²) in [7, 11) is 0. The summed E-state index contributed by atoms with van der Waals surface area (Å²) >= 11 is 0. The van der Waals surface area contributed by atoms with Crippen molar-refractivity contribution in [1.29, 1.82) is 5.26 Å². The lowest BCUT2D eigenvalue weighted by Gasteiger charge is -2.07. The molecule has 0 spiro atoms. The molecule has 1 N–H and O–H groups in total. The van der Waals surface area contributed by atoms with Crippen LogP contribution in [0.1, 0.15) is 16.1 Å². The molecule has 0 aliphatic rings. The van der Waals surface area contributed by atoms with E-state index in [1.165, 1.54) is 42.7 Å². The lowest BCUT2D eigenvalue weighted by Crippen LogP contribution is -2.34. The Labute approximate surface area is 136 Å². The van der Waals surface area contributed by atoms with Gasteiger partial charge in [0.15, 0.2) is 19.0 Å². The summed E-state index contributed by atoms with van der Waals surface area (Å²) in [6.07, 6.45) is 1.29. The molecule has 0 fully saturated rings. The molecule has 0 aliphatic heterocycles. The Morgan fingerprint density at radius 3 is 2.50 bits per heavy atom. The zero-order valence-corrected chi connectivity index (χ0v) is 12.4. The van der Waals surface area contributed by atoms with E-state index in [2.05, 4.69) is 4.74 Å². The number of benzene rings is 1. The number of hydrogen-bond donors (Lipinski definition) is 1. The number of furan rings is 1. The lowest BCUT2D eigenvalue weighted by atomic mass is 10.2. The van der Waals surface area contributed by atoms with Crippen LogP contribution in [0.4, 0.5) is 0 Å². The molecular weight excluding hydrogens is 316 g/mol. The van der Waals surface area contributed by atoms with E-state index in [1.807, 2.05) is 11.4 Å². The maximum Gasteiger partial charge on any atom is 0.344 e. The third kappa shape index (κ3) is 4.99. The van der Waals surface area contributed by atoms with E-state index < -0.39 is 31.0 Å². The minimum Gasteiger partial charge on any atom is -0.482 e. The number of nitrogens with zero attached hydrogens (tertiary/aromatic N) is 1. The van der Waals surface area contributed by atoms with Crippen LogP contribution in [0.5, 0.6) is 5.75 Å². The van der Waals surface area contributed by atoms with Gasteiger partial charge in [-0.2, -0.15) is 5.26 Å². The van der Waals surface area contributed by atoms with Crippen LogP contribution >= 0.6 is 0 Å². The first kappa shape index (κ1) is 16.8. The number of imide groups is 1. The number of carbonyl (C=O) groups is 3. The van der Waals surface area contributed by atoms with E-state index in [4.69, 9.17) is 14.4 Å². The average Bonchev–Trinajstić information content (AvgIpc) is 3.13. The molecule has 0 unspecified atom stereocenters. The standard InChI is InChI=1S/C16H12N2O6/c17-8-11-3-5-12(6-4-11)23-10-15(20)24-9-14(19)18-16(21)13-2-1-7-22-13/h1-7H,9-10H2,(H,18,19,21). The molecule has 1 aromatic heterocycles. The van der Waals surface area contributed by atoms with Crippen molar-refractivity contribution >= 4 is 17.8 Å². The van der Waals surface area contributed by atoms with Crippen LogP contribution in [0.2, 0.25) is 0 Å². The molecule has 8 heteroatoms. The van der Waals surface area contributed by atoms with Crippen LogP contribution in [0, 0.1) is 11.3 Å². The second kappa shape index (κ2) is 8.14. The largest absolute Gasteiger partial charge is 0.482 e. The zero-order chi connectivity index (χ0) is 17.4. The first-order valence-corrected chi connectivity index (χ1v) is 6.75. The molecule has 2 rings (SSSR count). The van der Waals surface area contributed by atoms with Crippen molar-refractivity contribution in [2.75, 3.05) is 13.2 Å². The van der Waals surface area contributed by atoms with Crippen LogP contribution in [0.3, 0.4) is 0 Å². The van der Waals surface area contributed by atoms with Gasteiger partial charge in [0, 0.05) is 0 Å². The number of nitrogens with one attached hydrogen (secondary N) is 1. The third-order valence-electron chi connectivity index (χ3n) is 2.70. The molecular formula is C16H12N2O6. The van der Waals surface area contributed by atoms with Crippen LogP contribution in [-0.2, 0) is 14.3 Å². The molecule has 0 aliphatic carbocycles. The van der Waals surface area contributed by atoms with Crippen molar-refractivity contribution in [3.05, 3.63) is 54.0 Å². The van der Waals surface area contributed by atoms with E-state index in [-0.39, 0.29) is 5.76 Å². The van der Waals surface area contributed by atoms with E-state index >= 15 is 0 Å². The Morgan fingerprint density at radius 1 is 1.12 bits per heavy atom. The summed E-state index contributed by atoms with van der Waals surface area (Å²) in [6, 6.07) is 11.0. The van der Waals surface area contributed by atoms with E-state index in [0.717, 1.165) is 0 Å². The quantitative estimate of drug-likeness (QED) is 0.787. The third-order valence-corrected chi connectivity index (χ3v) is 2.70. The van der Waals surface area contributed by atoms with Gasteiger partial charge in [-0.25, -0.2) is 4.79 Å². The maximum absolute atomic E-state index is 11.5. The van der Waals surface area contributed by atoms with Crippen molar-refractivity contribution in [3.63, 3.8) is 0 Å². The fourth-order valence-electron chi connectivity index (χ4n) is 1.59. The molecule has 24 heavy (non-hydrogen) atoms. The molecule has 0 saturated heterocycles. The first-order chi connectivity index (χ1) is 11.6. The smallest absolute Gasteiger partial charge is 0.344 e. The molecule has 2 amide bonds. The van der Waals surface area contributed by atoms with Gasteiger partial charge in [-0.1, -0.05) is 0 Å². The van der Waals surface area contributed by atoms with Gasteiger partial charge in [-0.05, 0) is 36.4 Å². The highest BCUT2D eigenvalue weighted by Gasteiger charge is 2.14. The first-order valence-electron chi connectivity index (χ1n) is 6.75. The number of hydrogen-bond acceptors (Lipinski definition) is 7. The van der Waals surface area contributed by atoms with E-state index in [9.17, 15) is 14.4 Å². The molecule has 1 aromatic carbocycles. The van der Waals surface area contributed by atoms with Gasteiger partial charge >= 0.3 is 5.97 Å². The minimum atomic E-state index is -0.789. The van der Waals surface area contributed by atoms with E-state index in [1.54, 1.807) is 0 Å². The SMILES string of the molecule is N#Cc1ccc(OCC(=O)OCC(=O)NC(=O)c2ccco2)cc1. The highest BCUT2D eigenvalue weighted by Crippen LogP contribution is 2.11. The van der Waals surface area contributed by atoms with Crippen molar-refractivity contribution in [3.8, 4) is 11.8 Å². The molecule has 122 valence electrons. The second-order valence-electron chi connectivity index (χ2n) is 4.44. The Morgan fingerprint density at radius 2 is 1.88 bits per heavy atom. The van der Waals surface area contributed by atoms with Crippen molar-refractivity contribution < 1.29 is 28.3 Å². The molecule has 0 saturated carbocycles. The van der Waals surface area contributed by atoms with Gasteiger partial charge in [0.1, 0.15) is 5.75 Å². The predicted octanol–water partition coefficient (Wildman–Crippen LogP) is 1.03. The van der Waals surface area contributed by atoms with Crippen molar-refractivity contribution in [2.24, 2.45) is 0 Å². The minimum absolute atomic E-state index is 0.0289. The maximum atomic E-state index is 11.5. The van der Waals surface area contributed by atoms with Crippen LogP contribution in [0.15, 0.2) is 47.1 Å². The van der Waals surface area contributed by atoms with Gasteiger partial charge in [0.05, 0.1) is 17.9 Å². The summed E-state index contributed by atoms with van der Waals surface area (Å²) in [5.74, 6) is -1.94. The zero-order valence-electron chi connectivity index (χ0n) is 12.4. The van der Waals surface area contributed by atoms with Gasteiger partial charge in [-0.3, -0.25) is 14.9 Å². The number of nitriles is 1. The molecule has 2 aromatic rings. The molecule has 8 nitrogen and oxygen atoms in total. The normalized spacial score (nSPS) is 9.62. The molecule has 0 atom stereocenters. The number of esters is 1. The Hall–Kier alpha value is -3.60. The summed E-state index contributed by atoms with van der Waals surface area (Å²) < 4.78 is 14.6. The molecule has 0 radical (unpaired) electrons. The summed E-state index contributed by atoms with van der Waals surface area (Å²) in [6.45, 7) is -1.03. The summed E-state index contributed by atoms with van der Waals surface area (Å²) in [5, 5.41) is 10.7. The fourth-order valence-corrected chi connectivity index (χ4v) is 1.59. The highest BCUT2D eigenvalue weighted by atomic mass is 16.6. The molecule has 0 bridgehead atoms. The second-order valence-corrected chi connectivity index (χ2v) is 4.44. The van der Waals surface area contributed by atoms with Crippen LogP contribution in [0.25, 0.3) is 0 Å². The topological polar surface area (TPSA) is 119 Å². The number of rotatable bonds is 6. The number of amides is 2. The van der Waals surface area contributed by atoms with Crippen molar-refractivity contribution in [1.82, 2.24) is 5.32 Å². The van der Waals surface area contributed by atoms with Crippen molar-refractivity contribution in [2.45, 2.75) is 0 Å². The lowest BCUT2D eigenvalue weighted by molar-refractivity contribution is -0.150. The van der Waals surface area contributed by atoms with Gasteiger partial charge < -0.3 is 13.9 Å². The molecule has 1 heterocycles. The van der Waals surface area contributed by atoms with Gasteiger partial charge in [0.25, 0.3) is 11.8 Å². The number of carbonyl (C=O) groups excluding carboxylic acids is 3. The predicted molar refractivity (Wildman–Crippen MR) is 78.8 cm³/mol. The monoisotopic (exact) mass is 328 g/mol. The van der Waals surface area contributed by atoms with Crippen LogP contribution in [-0.4, -0.2) is 31.0 Å². The van der Waals surface area contributed by atoms with Crippen LogP contribution < -0.4 is 10.1 Å². The Bertz CT molecular complexity index is 759. The van der Waals surface area contributed by atoms with Gasteiger partial charge in [0.2, 0.25) is 0 Å². The average molecular weight is 328 g/mol. The fraction of sp³-hybridized carbons (Fsp3) is 0.125. The van der Waals surface area contributed by atoms with Gasteiger partial charge in [-0.15, -0.1) is 0 Å². The summed E-state index contributed by atoms with van der Waals surface area (Å²) in [4.78, 5) is 34.5. The number of ether oxygens (including phenoxy) is 2. The van der Waals surface area contributed by atoms with E-state index in [0.29, 0.717) is 11.3 Å². The Kier molecular flexibility index (Phi) is 5.69.